The van der Waals surface area contributed by atoms with E-state index < -0.39 is 22.1 Å². The van der Waals surface area contributed by atoms with Gasteiger partial charge in [0.15, 0.2) is 0 Å². The van der Waals surface area contributed by atoms with Crippen LogP contribution >= 0.6 is 0 Å². The quantitative estimate of drug-likeness (QED) is 0.322. The summed E-state index contributed by atoms with van der Waals surface area (Å²) in [5, 5.41) is 0. The van der Waals surface area contributed by atoms with Crippen LogP contribution < -0.4 is 4.74 Å². The summed E-state index contributed by atoms with van der Waals surface area (Å²) in [6.45, 7) is 0.387. The van der Waals surface area contributed by atoms with Gasteiger partial charge >= 0.3 is 11.9 Å². The molecule has 1 aromatic carbocycles. The van der Waals surface area contributed by atoms with Crippen molar-refractivity contribution in [1.29, 1.82) is 0 Å². The number of esters is 2. The molecular formula is C13H16O8S. The van der Waals surface area contributed by atoms with Crippen LogP contribution in [0.15, 0.2) is 29.2 Å². The van der Waals surface area contributed by atoms with E-state index in [4.69, 9.17) is 18.8 Å². The van der Waals surface area contributed by atoms with Gasteiger partial charge in [-0.2, -0.15) is 8.42 Å². The van der Waals surface area contributed by atoms with Crippen LogP contribution in [0.2, 0.25) is 0 Å². The fourth-order valence-corrected chi connectivity index (χ4v) is 1.86. The summed E-state index contributed by atoms with van der Waals surface area (Å²) in [4.78, 5) is 22.4. The van der Waals surface area contributed by atoms with Gasteiger partial charge in [0.05, 0.1) is 24.3 Å². The molecule has 0 radical (unpaired) electrons. The van der Waals surface area contributed by atoms with Crippen LogP contribution in [0, 0.1) is 0 Å². The molecule has 0 atom stereocenters. The number of carbonyl (C=O) groups excluding carboxylic acids is 2. The highest BCUT2D eigenvalue weighted by molar-refractivity contribution is 7.85. The smallest absolute Gasteiger partial charge is 0.311 e. The summed E-state index contributed by atoms with van der Waals surface area (Å²) in [7, 11) is -2.82. The number of carbonyl (C=O) groups is 2. The van der Waals surface area contributed by atoms with Gasteiger partial charge in [-0.05, 0) is 24.3 Å². The second-order valence-corrected chi connectivity index (χ2v) is 5.56. The van der Waals surface area contributed by atoms with Gasteiger partial charge < -0.3 is 14.2 Å². The van der Waals surface area contributed by atoms with Gasteiger partial charge in [0, 0.05) is 7.11 Å². The van der Waals surface area contributed by atoms with Gasteiger partial charge in [-0.3, -0.25) is 14.1 Å². The Balaban J connectivity index is 2.40. The van der Waals surface area contributed by atoms with Gasteiger partial charge in [0.2, 0.25) is 0 Å². The van der Waals surface area contributed by atoms with Crippen LogP contribution in [0.1, 0.15) is 12.8 Å². The number of methoxy groups -OCH3 is 1. The molecule has 0 spiro atoms. The zero-order valence-corrected chi connectivity index (χ0v) is 12.7. The standard InChI is InChI=1S/C13H16O8S/c1-19-8-9-20-12(14)6-7-13(15)21-10-2-4-11(5-3-10)22(16,17)18/h2-5H,6-9H2,1H3,(H,16,17,18). The molecule has 0 heterocycles. The van der Waals surface area contributed by atoms with E-state index in [-0.39, 0.29) is 36.7 Å². The first-order valence-corrected chi connectivity index (χ1v) is 7.69. The van der Waals surface area contributed by atoms with Crippen molar-refractivity contribution in [2.75, 3.05) is 20.3 Å². The zero-order valence-electron chi connectivity index (χ0n) is 11.9. The minimum Gasteiger partial charge on any atom is -0.463 e. The highest BCUT2D eigenvalue weighted by atomic mass is 32.2. The maximum Gasteiger partial charge on any atom is 0.311 e. The van der Waals surface area contributed by atoms with Crippen molar-refractivity contribution in [2.45, 2.75) is 17.7 Å². The zero-order chi connectivity index (χ0) is 16.6. The molecule has 1 rings (SSSR count). The largest absolute Gasteiger partial charge is 0.463 e. The molecule has 0 aromatic heterocycles. The molecule has 0 amide bonds. The summed E-state index contributed by atoms with van der Waals surface area (Å²) in [6.07, 6.45) is -0.308. The van der Waals surface area contributed by atoms with E-state index in [0.29, 0.717) is 0 Å². The van der Waals surface area contributed by atoms with Gasteiger partial charge in [-0.1, -0.05) is 0 Å². The van der Waals surface area contributed by atoms with Gasteiger partial charge in [0.25, 0.3) is 10.1 Å². The van der Waals surface area contributed by atoms with E-state index in [2.05, 4.69) is 0 Å². The Hall–Kier alpha value is -1.97. The minimum atomic E-state index is -4.29. The maximum absolute atomic E-state index is 11.5. The topological polar surface area (TPSA) is 116 Å². The van der Waals surface area contributed by atoms with Crippen molar-refractivity contribution < 1.29 is 36.8 Å². The molecule has 1 aromatic rings. The van der Waals surface area contributed by atoms with Crippen LogP contribution in [-0.4, -0.2) is 45.2 Å². The van der Waals surface area contributed by atoms with E-state index in [0.717, 1.165) is 12.1 Å². The number of hydrogen-bond donors (Lipinski definition) is 1. The van der Waals surface area contributed by atoms with E-state index in [1.54, 1.807) is 0 Å². The molecule has 9 heteroatoms. The van der Waals surface area contributed by atoms with Crippen LogP contribution in [0.5, 0.6) is 5.75 Å². The fourth-order valence-electron chi connectivity index (χ4n) is 1.38. The molecular weight excluding hydrogens is 316 g/mol. The minimum absolute atomic E-state index is 0.102. The van der Waals surface area contributed by atoms with Crippen molar-refractivity contribution in [1.82, 2.24) is 0 Å². The van der Waals surface area contributed by atoms with Crippen molar-refractivity contribution >= 4 is 22.1 Å². The molecule has 0 aliphatic carbocycles. The Bertz CT molecular complexity index is 605. The molecule has 8 nitrogen and oxygen atoms in total. The number of hydrogen-bond acceptors (Lipinski definition) is 7. The molecule has 0 saturated heterocycles. The van der Waals surface area contributed by atoms with Crippen molar-refractivity contribution in [3.63, 3.8) is 0 Å². The monoisotopic (exact) mass is 332 g/mol. The third-order valence-electron chi connectivity index (χ3n) is 2.44. The van der Waals surface area contributed by atoms with Crippen molar-refractivity contribution in [3.8, 4) is 5.75 Å². The molecule has 122 valence electrons. The Morgan fingerprint density at radius 3 is 2.18 bits per heavy atom. The molecule has 0 aliphatic rings. The molecule has 0 fully saturated rings. The molecule has 0 bridgehead atoms. The second kappa shape index (κ2) is 8.47. The summed E-state index contributed by atoms with van der Waals surface area (Å²) < 4.78 is 44.9. The average Bonchev–Trinajstić information content (AvgIpc) is 2.45. The fraction of sp³-hybridized carbons (Fsp3) is 0.385. The Labute approximate surface area is 127 Å². The highest BCUT2D eigenvalue weighted by Crippen LogP contribution is 2.16. The first-order chi connectivity index (χ1) is 10.3. The molecule has 0 saturated carbocycles. The number of rotatable bonds is 8. The maximum atomic E-state index is 11.5. The molecule has 1 N–H and O–H groups in total. The first-order valence-electron chi connectivity index (χ1n) is 6.25. The Morgan fingerprint density at radius 2 is 1.64 bits per heavy atom. The van der Waals surface area contributed by atoms with E-state index in [9.17, 15) is 18.0 Å². The van der Waals surface area contributed by atoms with Gasteiger partial charge in [0.1, 0.15) is 12.4 Å². The molecule has 22 heavy (non-hydrogen) atoms. The third kappa shape index (κ3) is 6.66. The summed E-state index contributed by atoms with van der Waals surface area (Å²) in [5.41, 5.74) is 0. The first kappa shape index (κ1) is 18.1. The van der Waals surface area contributed by atoms with Crippen LogP contribution in [0.4, 0.5) is 0 Å². The van der Waals surface area contributed by atoms with Crippen molar-refractivity contribution in [2.24, 2.45) is 0 Å². The van der Waals surface area contributed by atoms with Crippen molar-refractivity contribution in [3.05, 3.63) is 24.3 Å². The second-order valence-electron chi connectivity index (χ2n) is 4.13. The normalized spacial score (nSPS) is 11.0. The van der Waals surface area contributed by atoms with E-state index >= 15 is 0 Å². The number of ether oxygens (including phenoxy) is 3. The lowest BCUT2D eigenvalue weighted by molar-refractivity contribution is -0.147. The Morgan fingerprint density at radius 1 is 1.05 bits per heavy atom. The lowest BCUT2D eigenvalue weighted by Crippen LogP contribution is -2.14. The van der Waals surface area contributed by atoms with Crippen LogP contribution in [0.3, 0.4) is 0 Å². The average molecular weight is 332 g/mol. The summed E-state index contributed by atoms with van der Waals surface area (Å²) in [5.74, 6) is -1.11. The summed E-state index contributed by atoms with van der Waals surface area (Å²) in [6, 6.07) is 4.63. The predicted molar refractivity (Wildman–Crippen MR) is 74.0 cm³/mol. The third-order valence-corrected chi connectivity index (χ3v) is 3.30. The van der Waals surface area contributed by atoms with E-state index in [1.807, 2.05) is 0 Å². The van der Waals surface area contributed by atoms with Crippen LogP contribution in [-0.2, 0) is 29.2 Å². The Kier molecular flexibility index (Phi) is 6.96. The predicted octanol–water partition coefficient (Wildman–Crippen LogP) is 0.809. The molecule has 0 aliphatic heterocycles. The lowest BCUT2D eigenvalue weighted by Gasteiger charge is -2.05. The number of benzene rings is 1. The van der Waals surface area contributed by atoms with Crippen LogP contribution in [0.25, 0.3) is 0 Å². The van der Waals surface area contributed by atoms with Gasteiger partial charge in [-0.15, -0.1) is 0 Å². The summed E-state index contributed by atoms with van der Waals surface area (Å²) >= 11 is 0. The van der Waals surface area contributed by atoms with E-state index in [1.165, 1.54) is 19.2 Å². The lowest BCUT2D eigenvalue weighted by atomic mass is 10.3. The SMILES string of the molecule is COCCOC(=O)CCC(=O)Oc1ccc(S(=O)(=O)O)cc1. The molecule has 0 unspecified atom stereocenters. The highest BCUT2D eigenvalue weighted by Gasteiger charge is 2.12. The van der Waals surface area contributed by atoms with Gasteiger partial charge in [-0.25, -0.2) is 0 Å².